The van der Waals surface area contributed by atoms with Gasteiger partial charge in [-0.3, -0.25) is 9.59 Å². The topological polar surface area (TPSA) is 140 Å². The fourth-order valence-electron chi connectivity index (χ4n) is 1.29. The van der Waals surface area contributed by atoms with Crippen molar-refractivity contribution in [3.8, 4) is 0 Å². The van der Waals surface area contributed by atoms with Crippen LogP contribution in [0.4, 0.5) is 5.82 Å². The van der Waals surface area contributed by atoms with Gasteiger partial charge in [-0.15, -0.1) is 0 Å². The molecule has 1 unspecified atom stereocenters. The molecule has 1 aromatic heterocycles. The van der Waals surface area contributed by atoms with Gasteiger partial charge >= 0.3 is 5.82 Å². The molecule has 98 valence electrons. The van der Waals surface area contributed by atoms with Crippen LogP contribution in [0, 0.1) is 10.1 Å². The molecule has 0 saturated carbocycles. The van der Waals surface area contributed by atoms with Crippen molar-refractivity contribution in [2.24, 2.45) is 12.8 Å². The molecule has 1 heterocycles. The standard InChI is InChI=1S/C9H12N4O5/c1-12-5(2-3-7(12)13(17)18)9(16)11-4-6(14)8(10)15/h2-3,6,14H,4H2,1H3,(H2,10,15)(H,11,16). The molecule has 0 radical (unpaired) electrons. The van der Waals surface area contributed by atoms with Gasteiger partial charge in [-0.2, -0.15) is 0 Å². The van der Waals surface area contributed by atoms with Gasteiger partial charge in [-0.1, -0.05) is 0 Å². The molecular weight excluding hydrogens is 244 g/mol. The van der Waals surface area contributed by atoms with Crippen molar-refractivity contribution in [1.29, 1.82) is 0 Å². The third-order valence-electron chi connectivity index (χ3n) is 2.30. The van der Waals surface area contributed by atoms with Crippen molar-refractivity contribution in [3.63, 3.8) is 0 Å². The Kier molecular flexibility index (Phi) is 4.00. The first-order valence-corrected chi connectivity index (χ1v) is 4.90. The molecule has 0 aliphatic rings. The number of nitrogens with zero attached hydrogens (tertiary/aromatic N) is 2. The number of nitrogens with one attached hydrogen (secondary N) is 1. The second-order valence-electron chi connectivity index (χ2n) is 3.52. The van der Waals surface area contributed by atoms with Gasteiger partial charge in [0.2, 0.25) is 5.91 Å². The van der Waals surface area contributed by atoms with E-state index in [0.717, 1.165) is 4.57 Å². The van der Waals surface area contributed by atoms with Crippen molar-refractivity contribution < 1.29 is 19.6 Å². The van der Waals surface area contributed by atoms with Crippen molar-refractivity contribution in [1.82, 2.24) is 9.88 Å². The number of carbonyl (C=O) groups excluding carboxylic acids is 2. The van der Waals surface area contributed by atoms with E-state index in [-0.39, 0.29) is 18.1 Å². The molecule has 9 nitrogen and oxygen atoms in total. The van der Waals surface area contributed by atoms with E-state index in [0.29, 0.717) is 0 Å². The number of rotatable bonds is 5. The summed E-state index contributed by atoms with van der Waals surface area (Å²) in [6, 6.07) is 2.45. The van der Waals surface area contributed by atoms with Crippen LogP contribution < -0.4 is 11.1 Å². The highest BCUT2D eigenvalue weighted by Gasteiger charge is 2.21. The molecule has 1 aromatic rings. The van der Waals surface area contributed by atoms with Crippen LogP contribution in [-0.4, -0.2) is 39.1 Å². The van der Waals surface area contributed by atoms with Gasteiger partial charge in [0.1, 0.15) is 6.10 Å². The lowest BCUT2D eigenvalue weighted by Gasteiger charge is -2.07. The Morgan fingerprint density at radius 1 is 1.61 bits per heavy atom. The lowest BCUT2D eigenvalue weighted by molar-refractivity contribution is -0.391. The molecular formula is C9H12N4O5. The van der Waals surface area contributed by atoms with Crippen LogP contribution in [0.1, 0.15) is 10.5 Å². The van der Waals surface area contributed by atoms with Gasteiger partial charge in [-0.05, 0) is 11.0 Å². The lowest BCUT2D eigenvalue weighted by atomic mass is 10.3. The molecule has 9 heteroatoms. The summed E-state index contributed by atoms with van der Waals surface area (Å²) in [6.07, 6.45) is -1.50. The second-order valence-corrected chi connectivity index (χ2v) is 3.52. The van der Waals surface area contributed by atoms with Gasteiger partial charge in [0, 0.05) is 6.07 Å². The smallest absolute Gasteiger partial charge is 0.323 e. The number of hydrogen-bond acceptors (Lipinski definition) is 5. The van der Waals surface area contributed by atoms with E-state index in [2.05, 4.69) is 5.32 Å². The minimum absolute atomic E-state index is 0.0402. The van der Waals surface area contributed by atoms with E-state index in [4.69, 9.17) is 10.8 Å². The normalized spacial score (nSPS) is 11.9. The number of amides is 2. The maximum absolute atomic E-state index is 11.6. The van der Waals surface area contributed by atoms with Crippen LogP contribution in [0.2, 0.25) is 0 Å². The Labute approximate surface area is 101 Å². The number of nitro groups is 1. The highest BCUT2D eigenvalue weighted by molar-refractivity contribution is 5.93. The highest BCUT2D eigenvalue weighted by Crippen LogP contribution is 2.14. The van der Waals surface area contributed by atoms with Gasteiger partial charge < -0.3 is 26.3 Å². The van der Waals surface area contributed by atoms with Gasteiger partial charge in [-0.25, -0.2) is 4.57 Å². The molecule has 1 rings (SSSR count). The fourth-order valence-corrected chi connectivity index (χ4v) is 1.29. The Morgan fingerprint density at radius 3 is 2.67 bits per heavy atom. The molecule has 4 N–H and O–H groups in total. The molecule has 0 aromatic carbocycles. The number of aromatic nitrogens is 1. The van der Waals surface area contributed by atoms with Crippen molar-refractivity contribution in [3.05, 3.63) is 27.9 Å². The van der Waals surface area contributed by atoms with Crippen LogP contribution in [0.25, 0.3) is 0 Å². The molecule has 2 amide bonds. The summed E-state index contributed by atoms with van der Waals surface area (Å²) in [5.41, 5.74) is 4.84. The first-order chi connectivity index (χ1) is 8.34. The van der Waals surface area contributed by atoms with E-state index in [1.807, 2.05) is 0 Å². The van der Waals surface area contributed by atoms with Gasteiger partial charge in [0.15, 0.2) is 5.69 Å². The molecule has 0 fully saturated rings. The average molecular weight is 256 g/mol. The summed E-state index contributed by atoms with van der Waals surface area (Å²) in [5, 5.41) is 21.9. The molecule has 1 atom stereocenters. The van der Waals surface area contributed by atoms with Crippen LogP contribution in [0.5, 0.6) is 0 Å². The first kappa shape index (κ1) is 13.6. The minimum atomic E-state index is -1.50. The number of aliphatic hydroxyl groups excluding tert-OH is 1. The quantitative estimate of drug-likeness (QED) is 0.434. The summed E-state index contributed by atoms with van der Waals surface area (Å²) < 4.78 is 1.09. The van der Waals surface area contributed by atoms with Crippen molar-refractivity contribution >= 4 is 17.6 Å². The maximum Gasteiger partial charge on any atom is 0.323 e. The minimum Gasteiger partial charge on any atom is -0.381 e. The number of carbonyl (C=O) groups is 2. The number of aliphatic hydroxyl groups is 1. The number of hydrogen-bond donors (Lipinski definition) is 3. The van der Waals surface area contributed by atoms with E-state index in [1.54, 1.807) is 0 Å². The fraction of sp³-hybridized carbons (Fsp3) is 0.333. The Bertz CT molecular complexity index is 495. The lowest BCUT2D eigenvalue weighted by Crippen LogP contribution is -2.40. The second kappa shape index (κ2) is 5.27. The third kappa shape index (κ3) is 2.83. The molecule has 0 spiro atoms. The van der Waals surface area contributed by atoms with Crippen LogP contribution in [0.3, 0.4) is 0 Å². The largest absolute Gasteiger partial charge is 0.381 e. The van der Waals surface area contributed by atoms with E-state index >= 15 is 0 Å². The first-order valence-electron chi connectivity index (χ1n) is 4.90. The zero-order chi connectivity index (χ0) is 13.9. The summed E-state index contributed by atoms with van der Waals surface area (Å²) in [6.45, 7) is -0.354. The van der Waals surface area contributed by atoms with E-state index in [1.165, 1.54) is 19.2 Å². The predicted octanol–water partition coefficient (Wildman–Crippen LogP) is -1.49. The van der Waals surface area contributed by atoms with Gasteiger partial charge in [0.25, 0.3) is 5.91 Å². The Balaban J connectivity index is 2.74. The summed E-state index contributed by atoms with van der Waals surface area (Å²) in [7, 11) is 1.36. The number of nitrogens with two attached hydrogens (primary N) is 1. The third-order valence-corrected chi connectivity index (χ3v) is 2.30. The summed E-state index contributed by atoms with van der Waals surface area (Å²) >= 11 is 0. The Morgan fingerprint density at radius 2 is 2.22 bits per heavy atom. The van der Waals surface area contributed by atoms with E-state index in [9.17, 15) is 19.7 Å². The zero-order valence-corrected chi connectivity index (χ0v) is 9.49. The van der Waals surface area contributed by atoms with Crippen LogP contribution >= 0.6 is 0 Å². The number of primary amides is 1. The molecule has 0 aliphatic heterocycles. The van der Waals surface area contributed by atoms with Crippen molar-refractivity contribution in [2.45, 2.75) is 6.10 Å². The predicted molar refractivity (Wildman–Crippen MR) is 59.6 cm³/mol. The van der Waals surface area contributed by atoms with E-state index < -0.39 is 22.8 Å². The zero-order valence-electron chi connectivity index (χ0n) is 9.49. The highest BCUT2D eigenvalue weighted by atomic mass is 16.6. The van der Waals surface area contributed by atoms with Crippen LogP contribution in [-0.2, 0) is 11.8 Å². The molecule has 0 bridgehead atoms. The van der Waals surface area contributed by atoms with Crippen LogP contribution in [0.15, 0.2) is 12.1 Å². The Hall–Kier alpha value is -2.42. The molecule has 0 saturated heterocycles. The molecule has 0 aliphatic carbocycles. The van der Waals surface area contributed by atoms with Crippen molar-refractivity contribution in [2.75, 3.05) is 6.54 Å². The summed E-state index contributed by atoms with van der Waals surface area (Å²) in [4.78, 5) is 32.1. The summed E-state index contributed by atoms with van der Waals surface area (Å²) in [5.74, 6) is -1.85. The monoisotopic (exact) mass is 256 g/mol. The molecule has 18 heavy (non-hydrogen) atoms. The average Bonchev–Trinajstić information content (AvgIpc) is 2.67. The maximum atomic E-state index is 11.6. The van der Waals surface area contributed by atoms with Gasteiger partial charge in [0.05, 0.1) is 13.6 Å². The SMILES string of the molecule is Cn1c(C(=O)NCC(O)C(N)=O)ccc1[N+](=O)[O-].